The van der Waals surface area contributed by atoms with Crippen molar-refractivity contribution < 1.29 is 0 Å². The van der Waals surface area contributed by atoms with Gasteiger partial charge in [0.2, 0.25) is 0 Å². The van der Waals surface area contributed by atoms with Gasteiger partial charge in [0.1, 0.15) is 0 Å². The van der Waals surface area contributed by atoms with Crippen LogP contribution in [0.2, 0.25) is 0 Å². The lowest BCUT2D eigenvalue weighted by Gasteiger charge is -2.17. The number of nitrogens with zero attached hydrogens (tertiary/aromatic N) is 2. The molecule has 1 aliphatic rings. The fraction of sp³-hybridized carbons (Fsp3) is 0.250. The summed E-state index contributed by atoms with van der Waals surface area (Å²) in [6.45, 7) is 0.661. The van der Waals surface area contributed by atoms with Crippen LogP contribution in [0.1, 0.15) is 17.3 Å². The molecule has 1 unspecified atom stereocenters. The minimum atomic E-state index is -0.171. The Balaban J connectivity index is 0.000000845. The first-order valence-electron chi connectivity index (χ1n) is 3.82. The van der Waals surface area contributed by atoms with Crippen molar-refractivity contribution in [3.8, 4) is 0 Å². The van der Waals surface area contributed by atoms with Gasteiger partial charge in [-0.25, -0.2) is 5.43 Å². The molecule has 1 heterocycles. The molecule has 0 saturated carbocycles. The summed E-state index contributed by atoms with van der Waals surface area (Å²) < 4.78 is 0. The Bertz CT molecular complexity index is 313. The van der Waals surface area contributed by atoms with Gasteiger partial charge in [-0.15, -0.1) is 12.4 Å². The van der Waals surface area contributed by atoms with E-state index in [9.17, 15) is 0 Å². The van der Waals surface area contributed by atoms with Gasteiger partial charge in [-0.1, -0.05) is 24.3 Å². The summed E-state index contributed by atoms with van der Waals surface area (Å²) in [7, 11) is 0. The molecule has 0 bridgehead atoms. The molecule has 0 aromatic heterocycles. The SMILES string of the molecule is Cl.NNC1N=NCc2ccccc21. The van der Waals surface area contributed by atoms with Crippen molar-refractivity contribution in [2.45, 2.75) is 12.7 Å². The molecule has 0 spiro atoms. The van der Waals surface area contributed by atoms with Crippen molar-refractivity contribution in [1.82, 2.24) is 5.43 Å². The highest BCUT2D eigenvalue weighted by Gasteiger charge is 2.15. The minimum absolute atomic E-state index is 0. The van der Waals surface area contributed by atoms with Gasteiger partial charge in [-0.3, -0.25) is 5.84 Å². The average molecular weight is 199 g/mol. The van der Waals surface area contributed by atoms with E-state index >= 15 is 0 Å². The lowest BCUT2D eigenvalue weighted by atomic mass is 10.0. The molecule has 4 nitrogen and oxygen atoms in total. The molecule has 1 aliphatic heterocycles. The first-order valence-corrected chi connectivity index (χ1v) is 3.82. The normalized spacial score (nSPS) is 19.0. The Kier molecular flexibility index (Phi) is 3.36. The van der Waals surface area contributed by atoms with Gasteiger partial charge in [-0.05, 0) is 11.1 Å². The fourth-order valence-corrected chi connectivity index (χ4v) is 1.33. The summed E-state index contributed by atoms with van der Waals surface area (Å²) >= 11 is 0. The zero-order chi connectivity index (χ0) is 8.39. The predicted octanol–water partition coefficient (Wildman–Crippen LogP) is 1.54. The summed E-state index contributed by atoms with van der Waals surface area (Å²) in [5, 5.41) is 7.93. The molecular weight excluding hydrogens is 188 g/mol. The first-order chi connectivity index (χ1) is 5.92. The third kappa shape index (κ3) is 1.85. The molecule has 70 valence electrons. The number of nitrogens with one attached hydrogen (secondary N) is 1. The Morgan fingerprint density at radius 3 is 2.92 bits per heavy atom. The van der Waals surface area contributed by atoms with Gasteiger partial charge in [0.15, 0.2) is 6.17 Å². The highest BCUT2D eigenvalue weighted by molar-refractivity contribution is 5.85. The Morgan fingerprint density at radius 1 is 1.38 bits per heavy atom. The van der Waals surface area contributed by atoms with E-state index < -0.39 is 0 Å². The molecule has 2 rings (SSSR count). The van der Waals surface area contributed by atoms with E-state index in [1.807, 2.05) is 24.3 Å². The molecule has 5 heteroatoms. The van der Waals surface area contributed by atoms with Crippen LogP contribution in [0.25, 0.3) is 0 Å². The molecule has 0 aliphatic carbocycles. The van der Waals surface area contributed by atoms with E-state index in [1.165, 1.54) is 5.56 Å². The quantitative estimate of drug-likeness (QED) is 0.531. The average Bonchev–Trinajstić information content (AvgIpc) is 2.17. The van der Waals surface area contributed by atoms with Crippen LogP contribution >= 0.6 is 12.4 Å². The zero-order valence-corrected chi connectivity index (χ0v) is 7.79. The summed E-state index contributed by atoms with van der Waals surface area (Å²) in [5.41, 5.74) is 4.91. The van der Waals surface area contributed by atoms with Crippen LogP contribution in [0, 0.1) is 0 Å². The number of rotatable bonds is 1. The molecule has 1 aromatic rings. The van der Waals surface area contributed by atoms with Crippen LogP contribution in [0.15, 0.2) is 34.5 Å². The number of hydrogen-bond donors (Lipinski definition) is 2. The van der Waals surface area contributed by atoms with Crippen molar-refractivity contribution in [1.29, 1.82) is 0 Å². The largest absolute Gasteiger partial charge is 0.269 e. The highest BCUT2D eigenvalue weighted by atomic mass is 35.5. The number of azo groups is 1. The summed E-state index contributed by atoms with van der Waals surface area (Å²) in [5.74, 6) is 5.31. The van der Waals surface area contributed by atoms with E-state index in [0.717, 1.165) is 5.56 Å². The monoisotopic (exact) mass is 198 g/mol. The molecular formula is C8H11ClN4. The second-order valence-electron chi connectivity index (χ2n) is 2.68. The Hall–Kier alpha value is -0.970. The lowest BCUT2D eigenvalue weighted by Crippen LogP contribution is -2.28. The van der Waals surface area contributed by atoms with Crippen LogP contribution in [0.4, 0.5) is 0 Å². The van der Waals surface area contributed by atoms with Crippen molar-refractivity contribution in [2.75, 3.05) is 0 Å². The molecule has 0 radical (unpaired) electrons. The van der Waals surface area contributed by atoms with Crippen LogP contribution in [-0.4, -0.2) is 0 Å². The first kappa shape index (κ1) is 10.1. The Morgan fingerprint density at radius 2 is 2.15 bits per heavy atom. The molecule has 13 heavy (non-hydrogen) atoms. The molecule has 1 aromatic carbocycles. The number of halogens is 1. The van der Waals surface area contributed by atoms with Crippen LogP contribution in [0.5, 0.6) is 0 Å². The number of hydrazine groups is 1. The summed E-state index contributed by atoms with van der Waals surface area (Å²) in [6.07, 6.45) is -0.171. The van der Waals surface area contributed by atoms with Gasteiger partial charge >= 0.3 is 0 Å². The summed E-state index contributed by atoms with van der Waals surface area (Å²) in [4.78, 5) is 0. The standard InChI is InChI=1S/C8H10N4.ClH/c9-11-8-7-4-2-1-3-6(7)5-10-12-8;/h1-4,8,11H,5,9H2;1H. The van der Waals surface area contributed by atoms with Crippen LogP contribution in [0.3, 0.4) is 0 Å². The molecule has 0 saturated heterocycles. The van der Waals surface area contributed by atoms with E-state index in [-0.39, 0.29) is 18.6 Å². The second kappa shape index (κ2) is 4.32. The van der Waals surface area contributed by atoms with Gasteiger partial charge in [0, 0.05) is 0 Å². The number of nitrogens with two attached hydrogens (primary N) is 1. The summed E-state index contributed by atoms with van der Waals surface area (Å²) in [6, 6.07) is 8.02. The molecule has 0 fully saturated rings. The molecule has 1 atom stereocenters. The molecule has 0 amide bonds. The Labute approximate surface area is 82.6 Å². The fourth-order valence-electron chi connectivity index (χ4n) is 1.33. The predicted molar refractivity (Wildman–Crippen MR) is 52.3 cm³/mol. The van der Waals surface area contributed by atoms with Crippen LogP contribution < -0.4 is 11.3 Å². The van der Waals surface area contributed by atoms with E-state index in [0.29, 0.717) is 6.54 Å². The van der Waals surface area contributed by atoms with E-state index in [1.54, 1.807) is 0 Å². The maximum atomic E-state index is 5.31. The van der Waals surface area contributed by atoms with Gasteiger partial charge < -0.3 is 0 Å². The van der Waals surface area contributed by atoms with Gasteiger partial charge in [0.05, 0.1) is 6.54 Å². The number of fused-ring (bicyclic) bond motifs is 1. The second-order valence-corrected chi connectivity index (χ2v) is 2.68. The van der Waals surface area contributed by atoms with E-state index in [4.69, 9.17) is 5.84 Å². The van der Waals surface area contributed by atoms with Crippen molar-refractivity contribution in [2.24, 2.45) is 16.1 Å². The van der Waals surface area contributed by atoms with E-state index in [2.05, 4.69) is 15.7 Å². The molecule has 3 N–H and O–H groups in total. The van der Waals surface area contributed by atoms with Gasteiger partial charge in [0.25, 0.3) is 0 Å². The maximum Gasteiger partial charge on any atom is 0.159 e. The third-order valence-corrected chi connectivity index (χ3v) is 1.95. The number of hydrogen-bond acceptors (Lipinski definition) is 4. The smallest absolute Gasteiger partial charge is 0.159 e. The van der Waals surface area contributed by atoms with Crippen molar-refractivity contribution >= 4 is 12.4 Å². The van der Waals surface area contributed by atoms with Crippen molar-refractivity contribution in [3.63, 3.8) is 0 Å². The zero-order valence-electron chi connectivity index (χ0n) is 6.97. The lowest BCUT2D eigenvalue weighted by molar-refractivity contribution is 0.521. The topological polar surface area (TPSA) is 62.8 Å². The number of benzene rings is 1. The highest BCUT2D eigenvalue weighted by Crippen LogP contribution is 2.23. The minimum Gasteiger partial charge on any atom is -0.269 e. The van der Waals surface area contributed by atoms with Gasteiger partial charge in [-0.2, -0.15) is 10.2 Å². The van der Waals surface area contributed by atoms with Crippen molar-refractivity contribution in [3.05, 3.63) is 35.4 Å². The van der Waals surface area contributed by atoms with Crippen LogP contribution in [-0.2, 0) is 6.54 Å². The maximum absolute atomic E-state index is 5.31. The third-order valence-electron chi connectivity index (χ3n) is 1.95.